The van der Waals surface area contributed by atoms with E-state index < -0.39 is 0 Å². The Morgan fingerprint density at radius 1 is 1.46 bits per heavy atom. The Balaban J connectivity index is 2.88. The Hall–Kier alpha value is -0.830. The van der Waals surface area contributed by atoms with Crippen molar-refractivity contribution in [2.45, 2.75) is 33.3 Å². The van der Waals surface area contributed by atoms with Crippen molar-refractivity contribution in [2.75, 3.05) is 0 Å². The first-order valence-corrected chi connectivity index (χ1v) is 4.69. The summed E-state index contributed by atoms with van der Waals surface area (Å²) in [5.41, 5.74) is 0. The third-order valence-corrected chi connectivity index (χ3v) is 1.58. The molecule has 0 atom stereocenters. The van der Waals surface area contributed by atoms with Crippen molar-refractivity contribution >= 4 is 11.6 Å². The molecule has 0 unspecified atom stereocenters. The van der Waals surface area contributed by atoms with Crippen molar-refractivity contribution in [3.8, 4) is 5.88 Å². The first kappa shape index (κ1) is 10.3. The van der Waals surface area contributed by atoms with E-state index in [4.69, 9.17) is 16.3 Å². The predicted molar refractivity (Wildman–Crippen MR) is 52.2 cm³/mol. The van der Waals surface area contributed by atoms with Crippen LogP contribution in [-0.2, 0) is 6.42 Å². The highest BCUT2D eigenvalue weighted by Gasteiger charge is 2.03. The number of rotatable bonds is 3. The zero-order chi connectivity index (χ0) is 9.84. The van der Waals surface area contributed by atoms with E-state index in [1.807, 2.05) is 20.8 Å². The maximum absolute atomic E-state index is 5.78. The molecule has 0 aliphatic heterocycles. The van der Waals surface area contributed by atoms with Crippen LogP contribution >= 0.6 is 11.6 Å². The normalized spacial score (nSPS) is 10.5. The van der Waals surface area contributed by atoms with Gasteiger partial charge < -0.3 is 4.74 Å². The lowest BCUT2D eigenvalue weighted by molar-refractivity contribution is 0.231. The molecule has 0 aliphatic rings. The highest BCUT2D eigenvalue weighted by molar-refractivity contribution is 6.29. The first-order chi connectivity index (χ1) is 6.11. The molecular weight excluding hydrogens is 188 g/mol. The minimum absolute atomic E-state index is 0.107. The van der Waals surface area contributed by atoms with E-state index in [0.717, 1.165) is 6.42 Å². The van der Waals surface area contributed by atoms with Crippen LogP contribution in [0.3, 0.4) is 0 Å². The number of hydrogen-bond donors (Lipinski definition) is 0. The highest BCUT2D eigenvalue weighted by atomic mass is 35.5. The first-order valence-electron chi connectivity index (χ1n) is 4.32. The van der Waals surface area contributed by atoms with Gasteiger partial charge in [0, 0.05) is 12.5 Å². The molecule has 72 valence electrons. The fourth-order valence-electron chi connectivity index (χ4n) is 0.902. The molecule has 3 nitrogen and oxygen atoms in total. The van der Waals surface area contributed by atoms with Crippen molar-refractivity contribution in [1.82, 2.24) is 9.97 Å². The Bertz CT molecular complexity index is 289. The lowest BCUT2D eigenvalue weighted by atomic mass is 10.4. The van der Waals surface area contributed by atoms with E-state index in [1.54, 1.807) is 6.07 Å². The Labute approximate surface area is 83.1 Å². The average Bonchev–Trinajstić information content (AvgIpc) is 2.01. The van der Waals surface area contributed by atoms with Gasteiger partial charge in [-0.25, -0.2) is 4.98 Å². The van der Waals surface area contributed by atoms with E-state index in [2.05, 4.69) is 9.97 Å². The van der Waals surface area contributed by atoms with E-state index in [-0.39, 0.29) is 6.10 Å². The van der Waals surface area contributed by atoms with Crippen molar-refractivity contribution in [1.29, 1.82) is 0 Å². The van der Waals surface area contributed by atoms with Crippen LogP contribution in [-0.4, -0.2) is 16.1 Å². The fraction of sp³-hybridized carbons (Fsp3) is 0.556. The van der Waals surface area contributed by atoms with Gasteiger partial charge in [0.1, 0.15) is 11.0 Å². The summed E-state index contributed by atoms with van der Waals surface area (Å²) < 4.78 is 5.40. The average molecular weight is 201 g/mol. The largest absolute Gasteiger partial charge is 0.475 e. The maximum Gasteiger partial charge on any atom is 0.218 e. The minimum Gasteiger partial charge on any atom is -0.475 e. The van der Waals surface area contributed by atoms with Gasteiger partial charge >= 0.3 is 0 Å². The van der Waals surface area contributed by atoms with Crippen LogP contribution < -0.4 is 4.74 Å². The molecule has 0 bridgehead atoms. The van der Waals surface area contributed by atoms with Gasteiger partial charge in [-0.1, -0.05) is 18.5 Å². The van der Waals surface area contributed by atoms with E-state index >= 15 is 0 Å². The summed E-state index contributed by atoms with van der Waals surface area (Å²) in [6, 6.07) is 1.63. The summed E-state index contributed by atoms with van der Waals surface area (Å²) in [5, 5.41) is 0.433. The van der Waals surface area contributed by atoms with Crippen molar-refractivity contribution in [2.24, 2.45) is 0 Å². The van der Waals surface area contributed by atoms with Gasteiger partial charge in [-0.05, 0) is 13.8 Å². The van der Waals surface area contributed by atoms with Crippen LogP contribution in [0, 0.1) is 0 Å². The molecule has 0 fully saturated rings. The fourth-order valence-corrected chi connectivity index (χ4v) is 1.09. The summed E-state index contributed by atoms with van der Waals surface area (Å²) in [5.74, 6) is 1.26. The van der Waals surface area contributed by atoms with Crippen LogP contribution in [0.15, 0.2) is 6.07 Å². The standard InChI is InChI=1S/C9H13ClN2O/c1-4-8-11-7(10)5-9(12-8)13-6(2)3/h5-6H,4H2,1-3H3. The van der Waals surface area contributed by atoms with Crippen LogP contribution in [0.2, 0.25) is 5.15 Å². The molecule has 0 spiro atoms. The molecule has 1 heterocycles. The summed E-state index contributed by atoms with van der Waals surface area (Å²) in [6.07, 6.45) is 0.866. The molecule has 1 aromatic rings. The zero-order valence-electron chi connectivity index (χ0n) is 8.04. The molecule has 13 heavy (non-hydrogen) atoms. The Kier molecular flexibility index (Phi) is 3.48. The summed E-state index contributed by atoms with van der Waals surface area (Å²) in [4.78, 5) is 8.21. The molecule has 0 aliphatic carbocycles. The topological polar surface area (TPSA) is 35.0 Å². The molecule has 4 heteroatoms. The van der Waals surface area contributed by atoms with Gasteiger partial charge in [-0.3, -0.25) is 0 Å². The maximum atomic E-state index is 5.78. The van der Waals surface area contributed by atoms with Gasteiger partial charge in [0.15, 0.2) is 0 Å². The monoisotopic (exact) mass is 200 g/mol. The molecule has 1 rings (SSSR count). The van der Waals surface area contributed by atoms with E-state index in [0.29, 0.717) is 16.9 Å². The number of hydrogen-bond acceptors (Lipinski definition) is 3. The van der Waals surface area contributed by atoms with Crippen LogP contribution in [0.5, 0.6) is 5.88 Å². The molecule has 0 radical (unpaired) electrons. The molecule has 0 saturated carbocycles. The second-order valence-electron chi connectivity index (χ2n) is 2.97. The van der Waals surface area contributed by atoms with Crippen LogP contribution in [0.1, 0.15) is 26.6 Å². The van der Waals surface area contributed by atoms with Crippen molar-refractivity contribution in [3.05, 3.63) is 17.0 Å². The second kappa shape index (κ2) is 4.42. The third-order valence-electron chi connectivity index (χ3n) is 1.39. The molecule has 0 N–H and O–H groups in total. The Morgan fingerprint density at radius 3 is 2.69 bits per heavy atom. The van der Waals surface area contributed by atoms with E-state index in [9.17, 15) is 0 Å². The van der Waals surface area contributed by atoms with Crippen molar-refractivity contribution in [3.63, 3.8) is 0 Å². The predicted octanol–water partition coefficient (Wildman–Crippen LogP) is 2.48. The summed E-state index contributed by atoms with van der Waals surface area (Å²) in [7, 11) is 0. The molecule has 1 aromatic heterocycles. The molecule has 0 aromatic carbocycles. The summed E-state index contributed by atoms with van der Waals surface area (Å²) >= 11 is 5.78. The summed E-state index contributed by atoms with van der Waals surface area (Å²) in [6.45, 7) is 5.87. The number of nitrogens with zero attached hydrogens (tertiary/aromatic N) is 2. The second-order valence-corrected chi connectivity index (χ2v) is 3.35. The Morgan fingerprint density at radius 2 is 2.15 bits per heavy atom. The van der Waals surface area contributed by atoms with E-state index in [1.165, 1.54) is 0 Å². The van der Waals surface area contributed by atoms with Gasteiger partial charge in [0.05, 0.1) is 6.10 Å². The number of halogens is 1. The van der Waals surface area contributed by atoms with Gasteiger partial charge in [-0.15, -0.1) is 0 Å². The smallest absolute Gasteiger partial charge is 0.218 e. The number of ether oxygens (including phenoxy) is 1. The minimum atomic E-state index is 0.107. The number of aromatic nitrogens is 2. The quantitative estimate of drug-likeness (QED) is 0.704. The van der Waals surface area contributed by atoms with Gasteiger partial charge in [-0.2, -0.15) is 4.98 Å². The lowest BCUT2D eigenvalue weighted by Gasteiger charge is -2.09. The molecular formula is C9H13ClN2O. The van der Waals surface area contributed by atoms with Gasteiger partial charge in [0.2, 0.25) is 5.88 Å². The highest BCUT2D eigenvalue weighted by Crippen LogP contribution is 2.14. The van der Waals surface area contributed by atoms with Crippen LogP contribution in [0.25, 0.3) is 0 Å². The lowest BCUT2D eigenvalue weighted by Crippen LogP contribution is -2.08. The SMILES string of the molecule is CCc1nc(Cl)cc(OC(C)C)n1. The third kappa shape index (κ3) is 3.19. The van der Waals surface area contributed by atoms with Gasteiger partial charge in [0.25, 0.3) is 0 Å². The number of aryl methyl sites for hydroxylation is 1. The van der Waals surface area contributed by atoms with Crippen LogP contribution in [0.4, 0.5) is 0 Å². The molecule has 0 amide bonds. The van der Waals surface area contributed by atoms with Crippen molar-refractivity contribution < 1.29 is 4.74 Å². The molecule has 0 saturated heterocycles. The zero-order valence-corrected chi connectivity index (χ0v) is 8.80.